The first-order valence-corrected chi connectivity index (χ1v) is 8.40. The van der Waals surface area contributed by atoms with E-state index in [9.17, 15) is 10.1 Å². The number of rotatable bonds is 6. The molecule has 2 aromatic carbocycles. The first-order chi connectivity index (χ1) is 12.2. The number of nitrogens with zero attached hydrogens (tertiary/aromatic N) is 1. The number of nitro groups is 1. The first-order valence-electron chi connectivity index (χ1n) is 8.40. The molecule has 0 amide bonds. The van der Waals surface area contributed by atoms with E-state index in [-0.39, 0.29) is 36.8 Å². The van der Waals surface area contributed by atoms with E-state index in [1.165, 1.54) is 17.7 Å². The molecule has 0 spiro atoms. The van der Waals surface area contributed by atoms with Crippen molar-refractivity contribution >= 4 is 18.1 Å². The maximum atomic E-state index is 11.0. The van der Waals surface area contributed by atoms with Crippen LogP contribution in [0.25, 0.3) is 0 Å². The first kappa shape index (κ1) is 20.2. The molecule has 3 rings (SSSR count). The highest BCUT2D eigenvalue weighted by Gasteiger charge is 2.27. The van der Waals surface area contributed by atoms with Gasteiger partial charge >= 0.3 is 0 Å². The lowest BCUT2D eigenvalue weighted by atomic mass is 9.94. The number of nitrogens with one attached hydrogen (secondary N) is 1. The highest BCUT2D eigenvalue weighted by molar-refractivity contribution is 5.85. The summed E-state index contributed by atoms with van der Waals surface area (Å²) >= 11 is 0. The van der Waals surface area contributed by atoms with Gasteiger partial charge in [0.25, 0.3) is 5.69 Å². The fourth-order valence-electron chi connectivity index (χ4n) is 3.22. The van der Waals surface area contributed by atoms with E-state index in [1.54, 1.807) is 13.2 Å². The van der Waals surface area contributed by atoms with Gasteiger partial charge in [-0.3, -0.25) is 10.1 Å². The summed E-state index contributed by atoms with van der Waals surface area (Å²) in [6.07, 6.45) is 2.00. The number of hydrogen-bond acceptors (Lipinski definition) is 5. The molecule has 0 radical (unpaired) electrons. The molecule has 26 heavy (non-hydrogen) atoms. The molecule has 7 heteroatoms. The van der Waals surface area contributed by atoms with Crippen LogP contribution in [0.15, 0.2) is 48.5 Å². The van der Waals surface area contributed by atoms with Gasteiger partial charge in [0, 0.05) is 17.7 Å². The van der Waals surface area contributed by atoms with Crippen LogP contribution in [0.5, 0.6) is 5.75 Å². The van der Waals surface area contributed by atoms with Gasteiger partial charge < -0.3 is 14.8 Å². The second kappa shape index (κ2) is 9.52. The number of non-ortho nitro benzene ring substituents is 1. The number of piperidine rings is 1. The lowest BCUT2D eigenvalue weighted by Crippen LogP contribution is -2.39. The Kier molecular flexibility index (Phi) is 7.38. The molecule has 1 saturated heterocycles. The average Bonchev–Trinajstić information content (AvgIpc) is 2.67. The van der Waals surface area contributed by atoms with Crippen molar-refractivity contribution in [3.8, 4) is 5.75 Å². The maximum absolute atomic E-state index is 11.0. The van der Waals surface area contributed by atoms with E-state index < -0.39 is 4.92 Å². The molecule has 2 atom stereocenters. The average molecular weight is 379 g/mol. The topological polar surface area (TPSA) is 73.6 Å². The molecule has 0 bridgehead atoms. The number of methoxy groups -OCH3 is 1. The summed E-state index contributed by atoms with van der Waals surface area (Å²) in [7, 11) is 1.56. The molecular weight excluding hydrogens is 356 g/mol. The molecular formula is C19H23ClN2O4. The van der Waals surface area contributed by atoms with Crippen molar-refractivity contribution in [2.45, 2.75) is 31.6 Å². The summed E-state index contributed by atoms with van der Waals surface area (Å²) in [5, 5.41) is 14.5. The number of nitro benzene ring substituents is 1. The van der Waals surface area contributed by atoms with Gasteiger partial charge in [0.15, 0.2) is 0 Å². The fourth-order valence-corrected chi connectivity index (χ4v) is 3.22. The molecule has 0 aromatic heterocycles. The van der Waals surface area contributed by atoms with Crippen LogP contribution in [0.2, 0.25) is 0 Å². The van der Waals surface area contributed by atoms with E-state index in [4.69, 9.17) is 9.47 Å². The minimum absolute atomic E-state index is 0. The van der Waals surface area contributed by atoms with Gasteiger partial charge in [0.1, 0.15) is 5.75 Å². The highest BCUT2D eigenvalue weighted by Crippen LogP contribution is 2.29. The lowest BCUT2D eigenvalue weighted by molar-refractivity contribution is -0.385. The number of ether oxygens (including phenoxy) is 2. The van der Waals surface area contributed by atoms with Crippen molar-refractivity contribution in [2.75, 3.05) is 13.7 Å². The maximum Gasteiger partial charge on any atom is 0.270 e. The molecule has 0 saturated carbocycles. The van der Waals surface area contributed by atoms with Crippen LogP contribution in [0.4, 0.5) is 5.69 Å². The van der Waals surface area contributed by atoms with Crippen molar-refractivity contribution in [1.29, 1.82) is 0 Å². The second-order valence-corrected chi connectivity index (χ2v) is 6.09. The number of hydrogen-bond donors (Lipinski definition) is 1. The molecule has 2 aromatic rings. The summed E-state index contributed by atoms with van der Waals surface area (Å²) in [5.41, 5.74) is 1.92. The van der Waals surface area contributed by atoms with Crippen molar-refractivity contribution < 1.29 is 14.4 Å². The van der Waals surface area contributed by atoms with Gasteiger partial charge in [-0.25, -0.2) is 0 Å². The third-order valence-electron chi connectivity index (χ3n) is 4.49. The zero-order chi connectivity index (χ0) is 17.6. The van der Waals surface area contributed by atoms with Crippen LogP contribution < -0.4 is 10.1 Å². The van der Waals surface area contributed by atoms with Crippen LogP contribution in [-0.4, -0.2) is 24.7 Å². The Morgan fingerprint density at radius 2 is 2.00 bits per heavy atom. The Hall–Kier alpha value is -2.15. The fraction of sp³-hybridized carbons (Fsp3) is 0.368. The number of halogens is 1. The highest BCUT2D eigenvalue weighted by atomic mass is 35.5. The second-order valence-electron chi connectivity index (χ2n) is 6.09. The third-order valence-corrected chi connectivity index (χ3v) is 4.49. The lowest BCUT2D eigenvalue weighted by Gasteiger charge is -2.33. The predicted molar refractivity (Wildman–Crippen MR) is 102 cm³/mol. The Balaban J connectivity index is 0.00000243. The summed E-state index contributed by atoms with van der Waals surface area (Å²) in [6, 6.07) is 14.9. The minimum atomic E-state index is -0.405. The summed E-state index contributed by atoms with van der Waals surface area (Å²) in [4.78, 5) is 10.6. The SMILES string of the molecule is COc1ccc([N+](=O)[O-])cc1CO[C@H]1CCCN[C@H]1c1ccccc1.Cl. The largest absolute Gasteiger partial charge is 0.496 e. The summed E-state index contributed by atoms with van der Waals surface area (Å²) in [5.74, 6) is 0.602. The van der Waals surface area contributed by atoms with Gasteiger partial charge in [-0.05, 0) is 31.0 Å². The number of benzene rings is 2. The van der Waals surface area contributed by atoms with Gasteiger partial charge in [0.05, 0.1) is 30.8 Å². The van der Waals surface area contributed by atoms with E-state index in [2.05, 4.69) is 17.4 Å². The molecule has 1 aliphatic rings. The van der Waals surface area contributed by atoms with Gasteiger partial charge in [-0.2, -0.15) is 0 Å². The molecule has 140 valence electrons. The molecule has 1 heterocycles. The Morgan fingerprint density at radius 1 is 1.23 bits per heavy atom. The quantitative estimate of drug-likeness (QED) is 0.606. The van der Waals surface area contributed by atoms with Crippen LogP contribution in [0.1, 0.15) is 30.0 Å². The van der Waals surface area contributed by atoms with Crippen LogP contribution >= 0.6 is 12.4 Å². The Morgan fingerprint density at radius 3 is 2.69 bits per heavy atom. The predicted octanol–water partition coefficient (Wildman–Crippen LogP) is 4.04. The van der Waals surface area contributed by atoms with Crippen molar-refractivity contribution in [3.63, 3.8) is 0 Å². The van der Waals surface area contributed by atoms with Gasteiger partial charge in [0.2, 0.25) is 0 Å². The monoisotopic (exact) mass is 378 g/mol. The zero-order valence-electron chi connectivity index (χ0n) is 14.6. The van der Waals surface area contributed by atoms with Crippen molar-refractivity contribution in [2.24, 2.45) is 0 Å². The van der Waals surface area contributed by atoms with Crippen LogP contribution in [0, 0.1) is 10.1 Å². The minimum Gasteiger partial charge on any atom is -0.496 e. The van der Waals surface area contributed by atoms with E-state index in [1.807, 2.05) is 18.2 Å². The van der Waals surface area contributed by atoms with Crippen LogP contribution in [-0.2, 0) is 11.3 Å². The van der Waals surface area contributed by atoms with E-state index in [0.717, 1.165) is 19.4 Å². The van der Waals surface area contributed by atoms with Gasteiger partial charge in [-0.15, -0.1) is 12.4 Å². The van der Waals surface area contributed by atoms with Gasteiger partial charge in [-0.1, -0.05) is 30.3 Å². The van der Waals surface area contributed by atoms with E-state index >= 15 is 0 Å². The van der Waals surface area contributed by atoms with E-state index in [0.29, 0.717) is 11.3 Å². The molecule has 0 aliphatic carbocycles. The smallest absolute Gasteiger partial charge is 0.270 e. The third kappa shape index (κ3) is 4.72. The molecule has 6 nitrogen and oxygen atoms in total. The van der Waals surface area contributed by atoms with Crippen molar-refractivity contribution in [3.05, 3.63) is 69.8 Å². The Bertz CT molecular complexity index is 727. The van der Waals surface area contributed by atoms with Crippen molar-refractivity contribution in [1.82, 2.24) is 5.32 Å². The normalized spacial score (nSPS) is 19.4. The summed E-state index contributed by atoms with van der Waals surface area (Å²) in [6.45, 7) is 1.24. The zero-order valence-corrected chi connectivity index (χ0v) is 15.4. The Labute approximate surface area is 159 Å². The molecule has 1 fully saturated rings. The molecule has 0 unspecified atom stereocenters. The molecule has 1 aliphatic heterocycles. The molecule has 1 N–H and O–H groups in total. The standard InChI is InChI=1S/C19H22N2O4.ClH/c1-24-17-10-9-16(21(22)23)12-15(17)13-25-18-8-5-11-20-19(18)14-6-3-2-4-7-14;/h2-4,6-7,9-10,12,18-20H,5,8,11,13H2,1H3;1H/t18-,19-;/m0./s1. The summed E-state index contributed by atoms with van der Waals surface area (Å²) < 4.78 is 11.5. The van der Waals surface area contributed by atoms with Crippen LogP contribution in [0.3, 0.4) is 0 Å².